The first-order valence-electron chi connectivity index (χ1n) is 7.70. The summed E-state index contributed by atoms with van der Waals surface area (Å²) in [7, 11) is 0. The molecule has 1 aromatic rings. The number of carbonyl (C=O) groups is 2. The van der Waals surface area contributed by atoms with Crippen molar-refractivity contribution in [1.82, 2.24) is 5.32 Å². The summed E-state index contributed by atoms with van der Waals surface area (Å²) in [6, 6.07) is 6.83. The number of allylic oxidation sites excluding steroid dienone is 2. The molecule has 1 aromatic carbocycles. The zero-order chi connectivity index (χ0) is 17.0. The lowest BCUT2D eigenvalue weighted by Gasteiger charge is -2.28. The largest absolute Gasteiger partial charge is 0.511 e. The van der Waals surface area contributed by atoms with Crippen molar-refractivity contribution in [2.24, 2.45) is 10.4 Å². The van der Waals surface area contributed by atoms with Crippen LogP contribution in [0.2, 0.25) is 0 Å². The molecule has 0 aliphatic heterocycles. The first-order chi connectivity index (χ1) is 10.8. The third-order valence-electron chi connectivity index (χ3n) is 3.68. The molecule has 0 saturated carbocycles. The fourth-order valence-corrected chi connectivity index (χ4v) is 2.58. The standard InChI is InChI=1S/C18H22N2O3/c1-4-19-17(23)12-6-5-7-13(8-12)20-11-14-15(21)9-18(2,3)10-16(14)22/h5-8,11,21H,4,9-10H2,1-3H3,(H,19,23). The molecule has 0 radical (unpaired) electrons. The second kappa shape index (κ2) is 6.77. The Morgan fingerprint density at radius 3 is 2.78 bits per heavy atom. The van der Waals surface area contributed by atoms with Gasteiger partial charge >= 0.3 is 0 Å². The van der Waals surface area contributed by atoms with Crippen molar-refractivity contribution in [1.29, 1.82) is 0 Å². The molecule has 1 aliphatic rings. The minimum absolute atomic E-state index is 0.0786. The molecule has 0 heterocycles. The average molecular weight is 314 g/mol. The fourth-order valence-electron chi connectivity index (χ4n) is 2.58. The second-order valence-corrected chi connectivity index (χ2v) is 6.47. The van der Waals surface area contributed by atoms with Gasteiger partial charge in [0.15, 0.2) is 5.78 Å². The van der Waals surface area contributed by atoms with Crippen molar-refractivity contribution < 1.29 is 14.7 Å². The highest BCUT2D eigenvalue weighted by atomic mass is 16.3. The number of hydrogen-bond donors (Lipinski definition) is 2. The Kier molecular flexibility index (Phi) is 4.98. The molecular formula is C18H22N2O3. The molecule has 23 heavy (non-hydrogen) atoms. The molecule has 122 valence electrons. The SMILES string of the molecule is CCNC(=O)c1cccc(N=CC2=C(O)CC(C)(C)CC2=O)c1. The van der Waals surface area contributed by atoms with Gasteiger partial charge in [0.2, 0.25) is 0 Å². The van der Waals surface area contributed by atoms with Crippen molar-refractivity contribution in [2.75, 3.05) is 6.54 Å². The molecule has 0 aromatic heterocycles. The third-order valence-corrected chi connectivity index (χ3v) is 3.68. The highest BCUT2D eigenvalue weighted by molar-refractivity contribution is 6.15. The van der Waals surface area contributed by atoms with E-state index in [9.17, 15) is 14.7 Å². The topological polar surface area (TPSA) is 78.8 Å². The Labute approximate surface area is 136 Å². The highest BCUT2D eigenvalue weighted by Crippen LogP contribution is 2.35. The maximum atomic E-state index is 12.1. The lowest BCUT2D eigenvalue weighted by molar-refractivity contribution is -0.117. The number of ketones is 1. The Bertz CT molecular complexity index is 687. The summed E-state index contributed by atoms with van der Waals surface area (Å²) in [6.45, 7) is 6.30. The van der Waals surface area contributed by atoms with E-state index in [2.05, 4.69) is 10.3 Å². The molecule has 0 unspecified atom stereocenters. The molecule has 0 fully saturated rings. The van der Waals surface area contributed by atoms with E-state index in [0.29, 0.717) is 30.6 Å². The molecule has 2 N–H and O–H groups in total. The quantitative estimate of drug-likeness (QED) is 0.837. The number of hydrogen-bond acceptors (Lipinski definition) is 4. The number of amides is 1. The number of aliphatic imine (C=N–C) groups is 1. The maximum Gasteiger partial charge on any atom is 0.251 e. The monoisotopic (exact) mass is 314 g/mol. The molecule has 1 amide bonds. The lowest BCUT2D eigenvalue weighted by atomic mass is 9.77. The summed E-state index contributed by atoms with van der Waals surface area (Å²) in [4.78, 5) is 28.2. The molecule has 1 aliphatic carbocycles. The molecule has 0 bridgehead atoms. The van der Waals surface area contributed by atoms with E-state index in [0.717, 1.165) is 0 Å². The van der Waals surface area contributed by atoms with Crippen molar-refractivity contribution in [3.63, 3.8) is 0 Å². The predicted octanol–water partition coefficient (Wildman–Crippen LogP) is 3.34. The van der Waals surface area contributed by atoms with Crippen LogP contribution in [0.3, 0.4) is 0 Å². The Hall–Kier alpha value is -2.43. The van der Waals surface area contributed by atoms with Crippen LogP contribution < -0.4 is 5.32 Å². The van der Waals surface area contributed by atoms with E-state index in [1.807, 2.05) is 20.8 Å². The minimum atomic E-state index is -0.226. The zero-order valence-corrected chi connectivity index (χ0v) is 13.7. The number of nitrogens with one attached hydrogen (secondary N) is 1. The van der Waals surface area contributed by atoms with Gasteiger partial charge in [0.25, 0.3) is 5.91 Å². The van der Waals surface area contributed by atoms with Gasteiger partial charge in [-0.2, -0.15) is 0 Å². The van der Waals surface area contributed by atoms with E-state index in [1.54, 1.807) is 24.3 Å². The normalized spacial score (nSPS) is 17.6. The molecule has 0 atom stereocenters. The smallest absolute Gasteiger partial charge is 0.251 e. The van der Waals surface area contributed by atoms with E-state index in [-0.39, 0.29) is 28.4 Å². The number of aliphatic hydroxyl groups excluding tert-OH is 1. The van der Waals surface area contributed by atoms with E-state index in [4.69, 9.17) is 0 Å². The van der Waals surface area contributed by atoms with E-state index < -0.39 is 0 Å². The summed E-state index contributed by atoms with van der Waals surface area (Å²) < 4.78 is 0. The molecule has 5 heteroatoms. The van der Waals surface area contributed by atoms with Gasteiger partial charge in [0.1, 0.15) is 5.76 Å². The predicted molar refractivity (Wildman–Crippen MR) is 90.3 cm³/mol. The summed E-state index contributed by atoms with van der Waals surface area (Å²) in [5, 5.41) is 12.8. The van der Waals surface area contributed by atoms with Crippen LogP contribution in [0.4, 0.5) is 5.69 Å². The van der Waals surface area contributed by atoms with Crippen LogP contribution in [0.25, 0.3) is 0 Å². The van der Waals surface area contributed by atoms with Crippen molar-refractivity contribution >= 4 is 23.6 Å². The van der Waals surface area contributed by atoms with Crippen molar-refractivity contribution in [2.45, 2.75) is 33.6 Å². The van der Waals surface area contributed by atoms with Gasteiger partial charge in [-0.05, 0) is 30.5 Å². The summed E-state index contributed by atoms with van der Waals surface area (Å²) in [5.74, 6) is -0.195. The molecule has 5 nitrogen and oxygen atoms in total. The van der Waals surface area contributed by atoms with Gasteiger partial charge in [0, 0.05) is 31.2 Å². The van der Waals surface area contributed by atoms with Crippen LogP contribution in [0.1, 0.15) is 44.0 Å². The van der Waals surface area contributed by atoms with Crippen LogP contribution in [-0.4, -0.2) is 29.6 Å². The minimum Gasteiger partial charge on any atom is -0.511 e. The zero-order valence-electron chi connectivity index (χ0n) is 13.7. The van der Waals surface area contributed by atoms with Gasteiger partial charge in [-0.3, -0.25) is 14.6 Å². The highest BCUT2D eigenvalue weighted by Gasteiger charge is 2.32. The van der Waals surface area contributed by atoms with Crippen LogP contribution >= 0.6 is 0 Å². The summed E-state index contributed by atoms with van der Waals surface area (Å²) >= 11 is 0. The second-order valence-electron chi connectivity index (χ2n) is 6.47. The fraction of sp³-hybridized carbons (Fsp3) is 0.389. The first-order valence-corrected chi connectivity index (χ1v) is 7.70. The number of aliphatic hydroxyl groups is 1. The average Bonchev–Trinajstić information content (AvgIpc) is 2.45. The van der Waals surface area contributed by atoms with Gasteiger partial charge in [-0.15, -0.1) is 0 Å². The first kappa shape index (κ1) is 16.9. The van der Waals surface area contributed by atoms with Crippen LogP contribution in [0.15, 0.2) is 40.6 Å². The Morgan fingerprint density at radius 1 is 1.39 bits per heavy atom. The molecule has 0 spiro atoms. The lowest BCUT2D eigenvalue weighted by Crippen LogP contribution is -2.26. The number of Topliss-reactive ketones (excluding diaryl/α,β-unsaturated/α-hetero) is 1. The number of nitrogens with zero attached hydrogens (tertiary/aromatic N) is 1. The van der Waals surface area contributed by atoms with Gasteiger partial charge in [-0.25, -0.2) is 0 Å². The van der Waals surface area contributed by atoms with Crippen LogP contribution in [0.5, 0.6) is 0 Å². The van der Waals surface area contributed by atoms with Gasteiger partial charge in [-0.1, -0.05) is 19.9 Å². The number of rotatable bonds is 4. The van der Waals surface area contributed by atoms with Gasteiger partial charge in [0.05, 0.1) is 11.3 Å². The molecule has 0 saturated heterocycles. The van der Waals surface area contributed by atoms with Crippen molar-refractivity contribution in [3.8, 4) is 0 Å². The van der Waals surface area contributed by atoms with E-state index >= 15 is 0 Å². The Morgan fingerprint density at radius 2 is 2.13 bits per heavy atom. The van der Waals surface area contributed by atoms with Crippen molar-refractivity contribution in [3.05, 3.63) is 41.2 Å². The third kappa shape index (κ3) is 4.28. The van der Waals surface area contributed by atoms with Gasteiger partial charge < -0.3 is 10.4 Å². The van der Waals surface area contributed by atoms with Crippen LogP contribution in [-0.2, 0) is 4.79 Å². The summed E-state index contributed by atoms with van der Waals surface area (Å²) in [6.07, 6.45) is 2.24. The summed E-state index contributed by atoms with van der Waals surface area (Å²) in [5.41, 5.74) is 1.10. The number of benzene rings is 1. The number of carbonyl (C=O) groups excluding carboxylic acids is 2. The maximum absolute atomic E-state index is 12.1. The van der Waals surface area contributed by atoms with E-state index in [1.165, 1.54) is 6.21 Å². The molecular weight excluding hydrogens is 292 g/mol. The van der Waals surface area contributed by atoms with Crippen LogP contribution in [0, 0.1) is 5.41 Å². The Balaban J connectivity index is 2.22. The molecule has 2 rings (SSSR count).